The number of nitrogens with zero attached hydrogens (tertiary/aromatic N) is 2. The van der Waals surface area contributed by atoms with Gasteiger partial charge in [-0.25, -0.2) is 14.4 Å². The van der Waals surface area contributed by atoms with Crippen molar-refractivity contribution in [3.63, 3.8) is 0 Å². The number of morpholine rings is 1. The summed E-state index contributed by atoms with van der Waals surface area (Å²) in [5.41, 5.74) is 0.479. The van der Waals surface area contributed by atoms with E-state index >= 15 is 0 Å². The standard InChI is InChI=1S/C14H23N3O4.C3H4O2/c1-12(2-4-16-6-9-20-10-7-16)13(18)21-11-8-17-5-3-15-14(17)19;1-2-3(4)5/h1-11H2,(H,15,19);2H,1H2,(H,4,5). The van der Waals surface area contributed by atoms with E-state index in [1.807, 2.05) is 0 Å². The van der Waals surface area contributed by atoms with Gasteiger partial charge in [0, 0.05) is 44.4 Å². The number of hydrogen-bond acceptors (Lipinski definition) is 6. The van der Waals surface area contributed by atoms with Crippen LogP contribution in [0.3, 0.4) is 0 Å². The minimum Gasteiger partial charge on any atom is -0.478 e. The van der Waals surface area contributed by atoms with E-state index in [1.165, 1.54) is 0 Å². The lowest BCUT2D eigenvalue weighted by molar-refractivity contribution is -0.139. The molecule has 0 aromatic carbocycles. The molecule has 0 aromatic heterocycles. The van der Waals surface area contributed by atoms with Crippen LogP contribution >= 0.6 is 0 Å². The molecule has 2 rings (SSSR count). The number of nitrogens with one attached hydrogen (secondary N) is 1. The largest absolute Gasteiger partial charge is 0.478 e. The molecule has 2 aliphatic rings. The fraction of sp³-hybridized carbons (Fsp3) is 0.588. The van der Waals surface area contributed by atoms with Crippen LogP contribution in [0.25, 0.3) is 0 Å². The van der Waals surface area contributed by atoms with Crippen molar-refractivity contribution in [1.82, 2.24) is 15.1 Å². The number of carbonyl (C=O) groups is 3. The quantitative estimate of drug-likeness (QED) is 0.461. The Balaban J connectivity index is 0.000000597. The monoisotopic (exact) mass is 369 g/mol. The highest BCUT2D eigenvalue weighted by Gasteiger charge is 2.19. The molecular weight excluding hydrogens is 342 g/mol. The van der Waals surface area contributed by atoms with Gasteiger partial charge < -0.3 is 24.8 Å². The van der Waals surface area contributed by atoms with E-state index in [4.69, 9.17) is 14.6 Å². The molecule has 0 bridgehead atoms. The van der Waals surface area contributed by atoms with Crippen LogP contribution in [0.15, 0.2) is 24.8 Å². The first-order chi connectivity index (χ1) is 12.4. The molecular formula is C17H27N3O6. The highest BCUT2D eigenvalue weighted by atomic mass is 16.5. The molecule has 0 aliphatic carbocycles. The first kappa shape index (κ1) is 21.7. The van der Waals surface area contributed by atoms with E-state index in [0.717, 1.165) is 38.9 Å². The topological polar surface area (TPSA) is 108 Å². The van der Waals surface area contributed by atoms with Gasteiger partial charge in [0.25, 0.3) is 0 Å². The molecule has 0 unspecified atom stereocenters. The SMILES string of the molecule is C=C(CCN1CCOCC1)C(=O)OCCN1CCNC1=O.C=CC(=O)O. The summed E-state index contributed by atoms with van der Waals surface area (Å²) in [4.78, 5) is 36.2. The van der Waals surface area contributed by atoms with E-state index in [1.54, 1.807) is 4.90 Å². The number of carbonyl (C=O) groups excluding carboxylic acids is 2. The summed E-state index contributed by atoms with van der Waals surface area (Å²) in [7, 11) is 0. The zero-order valence-electron chi connectivity index (χ0n) is 14.9. The summed E-state index contributed by atoms with van der Waals surface area (Å²) < 4.78 is 10.4. The van der Waals surface area contributed by atoms with E-state index in [9.17, 15) is 14.4 Å². The molecule has 2 saturated heterocycles. The van der Waals surface area contributed by atoms with Crippen molar-refractivity contribution in [3.05, 3.63) is 24.8 Å². The Hall–Kier alpha value is -2.39. The Morgan fingerprint density at radius 3 is 2.46 bits per heavy atom. The van der Waals surface area contributed by atoms with Crippen LogP contribution in [-0.2, 0) is 19.1 Å². The molecule has 0 spiro atoms. The number of amides is 2. The van der Waals surface area contributed by atoms with Crippen molar-refractivity contribution >= 4 is 18.0 Å². The minimum atomic E-state index is -0.981. The number of urea groups is 1. The van der Waals surface area contributed by atoms with Crippen LogP contribution in [0, 0.1) is 0 Å². The van der Waals surface area contributed by atoms with Crippen molar-refractivity contribution in [2.75, 3.05) is 59.1 Å². The van der Waals surface area contributed by atoms with Gasteiger partial charge in [-0.15, -0.1) is 0 Å². The number of ether oxygens (including phenoxy) is 2. The molecule has 146 valence electrons. The molecule has 26 heavy (non-hydrogen) atoms. The Labute approximate surface area is 153 Å². The van der Waals surface area contributed by atoms with Gasteiger partial charge in [-0.05, 0) is 6.42 Å². The number of hydrogen-bond donors (Lipinski definition) is 2. The van der Waals surface area contributed by atoms with Crippen LogP contribution in [0.5, 0.6) is 0 Å². The molecule has 9 nitrogen and oxygen atoms in total. The van der Waals surface area contributed by atoms with Crippen molar-refractivity contribution in [1.29, 1.82) is 0 Å². The van der Waals surface area contributed by atoms with Crippen LogP contribution in [-0.4, -0.2) is 92.0 Å². The summed E-state index contributed by atoms with van der Waals surface area (Å²) in [6.45, 7) is 12.8. The molecule has 2 fully saturated rings. The first-order valence-electron chi connectivity index (χ1n) is 8.47. The highest BCUT2D eigenvalue weighted by Crippen LogP contribution is 2.06. The van der Waals surface area contributed by atoms with Crippen molar-refractivity contribution in [3.8, 4) is 0 Å². The average Bonchev–Trinajstić information content (AvgIpc) is 3.06. The van der Waals surface area contributed by atoms with Gasteiger partial charge in [0.1, 0.15) is 6.61 Å². The van der Waals surface area contributed by atoms with Crippen LogP contribution < -0.4 is 5.32 Å². The zero-order chi connectivity index (χ0) is 19.4. The fourth-order valence-corrected chi connectivity index (χ4v) is 2.29. The van der Waals surface area contributed by atoms with Crippen LogP contribution in [0.4, 0.5) is 4.79 Å². The lowest BCUT2D eigenvalue weighted by atomic mass is 10.2. The normalized spacial score (nSPS) is 16.9. The average molecular weight is 369 g/mol. The minimum absolute atomic E-state index is 0.0998. The summed E-state index contributed by atoms with van der Waals surface area (Å²) in [6, 6.07) is -0.0998. The van der Waals surface area contributed by atoms with E-state index < -0.39 is 5.97 Å². The van der Waals surface area contributed by atoms with E-state index in [-0.39, 0.29) is 18.6 Å². The van der Waals surface area contributed by atoms with Crippen molar-refractivity contribution < 1.29 is 29.0 Å². The van der Waals surface area contributed by atoms with Gasteiger partial charge in [0.2, 0.25) is 0 Å². The number of carboxylic acid groups (broad SMARTS) is 1. The van der Waals surface area contributed by atoms with Crippen molar-refractivity contribution in [2.45, 2.75) is 6.42 Å². The number of esters is 1. The molecule has 9 heteroatoms. The Morgan fingerprint density at radius 1 is 1.27 bits per heavy atom. The molecule has 2 heterocycles. The van der Waals surface area contributed by atoms with Gasteiger partial charge in [-0.2, -0.15) is 0 Å². The third-order valence-electron chi connectivity index (χ3n) is 3.84. The van der Waals surface area contributed by atoms with Gasteiger partial charge in [-0.3, -0.25) is 4.90 Å². The second-order valence-electron chi connectivity index (χ2n) is 5.70. The number of carboxylic acids is 1. The van der Waals surface area contributed by atoms with Gasteiger partial charge in [0.15, 0.2) is 0 Å². The summed E-state index contributed by atoms with van der Waals surface area (Å²) in [5, 5.41) is 10.3. The summed E-state index contributed by atoms with van der Waals surface area (Å²) in [5.74, 6) is -1.35. The maximum Gasteiger partial charge on any atom is 0.333 e. The second-order valence-corrected chi connectivity index (χ2v) is 5.70. The highest BCUT2D eigenvalue weighted by molar-refractivity contribution is 5.87. The zero-order valence-corrected chi connectivity index (χ0v) is 14.9. The summed E-state index contributed by atoms with van der Waals surface area (Å²) >= 11 is 0. The maximum atomic E-state index is 11.8. The third kappa shape index (κ3) is 8.63. The number of rotatable bonds is 8. The Bertz CT molecular complexity index is 517. The predicted molar refractivity (Wildman–Crippen MR) is 94.8 cm³/mol. The van der Waals surface area contributed by atoms with Crippen LogP contribution in [0.2, 0.25) is 0 Å². The Kier molecular flexibility index (Phi) is 10.0. The molecule has 2 aliphatic heterocycles. The molecule has 0 aromatic rings. The number of aliphatic carboxylic acids is 1. The lowest BCUT2D eigenvalue weighted by Gasteiger charge is -2.26. The smallest absolute Gasteiger partial charge is 0.333 e. The van der Waals surface area contributed by atoms with E-state index in [2.05, 4.69) is 23.4 Å². The van der Waals surface area contributed by atoms with Gasteiger partial charge in [-0.1, -0.05) is 13.2 Å². The Morgan fingerprint density at radius 2 is 1.92 bits per heavy atom. The summed E-state index contributed by atoms with van der Waals surface area (Å²) in [6.07, 6.45) is 1.43. The third-order valence-corrected chi connectivity index (χ3v) is 3.84. The fourth-order valence-electron chi connectivity index (χ4n) is 2.29. The molecule has 0 radical (unpaired) electrons. The maximum absolute atomic E-state index is 11.8. The van der Waals surface area contributed by atoms with E-state index in [0.29, 0.717) is 31.6 Å². The first-order valence-corrected chi connectivity index (χ1v) is 8.47. The van der Waals surface area contributed by atoms with Gasteiger partial charge in [0.05, 0.1) is 19.8 Å². The predicted octanol–water partition coefficient (Wildman–Crippen LogP) is 0.0903. The lowest BCUT2D eigenvalue weighted by Crippen LogP contribution is -2.37. The molecule has 0 atom stereocenters. The molecule has 2 N–H and O–H groups in total. The van der Waals surface area contributed by atoms with Crippen LogP contribution in [0.1, 0.15) is 6.42 Å². The second kappa shape index (κ2) is 12.0. The van der Waals surface area contributed by atoms with Crippen molar-refractivity contribution in [2.24, 2.45) is 0 Å². The molecule has 0 saturated carbocycles. The molecule has 2 amide bonds. The van der Waals surface area contributed by atoms with Gasteiger partial charge >= 0.3 is 18.0 Å².